The first-order chi connectivity index (χ1) is 9.48. The van der Waals surface area contributed by atoms with Crippen LogP contribution in [0.25, 0.3) is 0 Å². The van der Waals surface area contributed by atoms with E-state index in [0.29, 0.717) is 18.5 Å². The molecule has 0 saturated carbocycles. The van der Waals surface area contributed by atoms with Gasteiger partial charge < -0.3 is 10.6 Å². The van der Waals surface area contributed by atoms with Crippen LogP contribution in [0.1, 0.15) is 44.0 Å². The zero-order valence-electron chi connectivity index (χ0n) is 12.5. The van der Waals surface area contributed by atoms with Crippen molar-refractivity contribution in [3.05, 3.63) is 29.8 Å². The Morgan fingerprint density at radius 1 is 1.40 bits per heavy atom. The van der Waals surface area contributed by atoms with Crippen LogP contribution in [0, 0.1) is 16.7 Å². The quantitative estimate of drug-likeness (QED) is 0.802. The molecular formula is C16H23N3O. The number of benzene rings is 1. The molecule has 0 saturated heterocycles. The van der Waals surface area contributed by atoms with Gasteiger partial charge in [-0.25, -0.2) is 0 Å². The summed E-state index contributed by atoms with van der Waals surface area (Å²) < 4.78 is 0. The normalized spacial score (nSPS) is 10.7. The number of hydrogen-bond acceptors (Lipinski definition) is 3. The number of nitrogens with one attached hydrogen (secondary N) is 2. The summed E-state index contributed by atoms with van der Waals surface area (Å²) in [4.78, 5) is 11.8. The lowest BCUT2D eigenvalue weighted by atomic mass is 9.88. The van der Waals surface area contributed by atoms with Crippen molar-refractivity contribution in [1.82, 2.24) is 5.32 Å². The van der Waals surface area contributed by atoms with Crippen LogP contribution in [0.2, 0.25) is 0 Å². The van der Waals surface area contributed by atoms with E-state index in [9.17, 15) is 4.79 Å². The molecule has 1 amide bonds. The molecule has 0 aliphatic rings. The molecule has 1 aromatic rings. The van der Waals surface area contributed by atoms with Gasteiger partial charge in [-0.2, -0.15) is 5.26 Å². The molecule has 20 heavy (non-hydrogen) atoms. The van der Waals surface area contributed by atoms with E-state index in [4.69, 9.17) is 5.26 Å². The van der Waals surface area contributed by atoms with Gasteiger partial charge in [0.1, 0.15) is 0 Å². The van der Waals surface area contributed by atoms with Crippen molar-refractivity contribution in [2.45, 2.75) is 33.6 Å². The number of nitriles is 1. The lowest BCUT2D eigenvalue weighted by Crippen LogP contribution is -2.24. The molecular weight excluding hydrogens is 250 g/mol. The highest BCUT2D eigenvalue weighted by Gasteiger charge is 2.17. The molecule has 0 heterocycles. The van der Waals surface area contributed by atoms with E-state index in [1.807, 2.05) is 25.1 Å². The molecule has 0 bridgehead atoms. The van der Waals surface area contributed by atoms with Gasteiger partial charge in [-0.05, 0) is 37.0 Å². The Morgan fingerprint density at radius 3 is 2.80 bits per heavy atom. The van der Waals surface area contributed by atoms with Gasteiger partial charge >= 0.3 is 0 Å². The SMILES string of the molecule is CCNC(=O)c1cccc(NCC(C)(C)CCC#N)c1. The zero-order chi connectivity index (χ0) is 15.0. The van der Waals surface area contributed by atoms with Crippen LogP contribution in [-0.2, 0) is 0 Å². The average Bonchev–Trinajstić information content (AvgIpc) is 2.44. The second-order valence-electron chi connectivity index (χ2n) is 5.62. The van der Waals surface area contributed by atoms with Crippen LogP contribution in [0.15, 0.2) is 24.3 Å². The summed E-state index contributed by atoms with van der Waals surface area (Å²) in [7, 11) is 0. The lowest BCUT2D eigenvalue weighted by molar-refractivity contribution is 0.0956. The van der Waals surface area contributed by atoms with Gasteiger partial charge in [-0.1, -0.05) is 19.9 Å². The van der Waals surface area contributed by atoms with Gasteiger partial charge in [-0.3, -0.25) is 4.79 Å². The van der Waals surface area contributed by atoms with Crippen molar-refractivity contribution in [2.75, 3.05) is 18.4 Å². The number of hydrogen-bond donors (Lipinski definition) is 2. The fourth-order valence-electron chi connectivity index (χ4n) is 1.86. The number of rotatable bonds is 7. The summed E-state index contributed by atoms with van der Waals surface area (Å²) in [5.74, 6) is -0.0557. The molecule has 0 unspecified atom stereocenters. The molecule has 0 radical (unpaired) electrons. The van der Waals surface area contributed by atoms with Crippen molar-refractivity contribution >= 4 is 11.6 Å². The molecule has 0 atom stereocenters. The third-order valence-corrected chi connectivity index (χ3v) is 3.15. The number of carbonyl (C=O) groups is 1. The van der Waals surface area contributed by atoms with Gasteiger partial charge in [0.15, 0.2) is 0 Å². The molecule has 0 aromatic heterocycles. The maximum atomic E-state index is 11.8. The van der Waals surface area contributed by atoms with Crippen LogP contribution in [-0.4, -0.2) is 19.0 Å². The van der Waals surface area contributed by atoms with E-state index < -0.39 is 0 Å². The first-order valence-electron chi connectivity index (χ1n) is 6.97. The monoisotopic (exact) mass is 273 g/mol. The van der Waals surface area contributed by atoms with E-state index in [1.54, 1.807) is 6.07 Å². The van der Waals surface area contributed by atoms with Crippen molar-refractivity contribution in [1.29, 1.82) is 5.26 Å². The van der Waals surface area contributed by atoms with Crippen molar-refractivity contribution < 1.29 is 4.79 Å². The maximum absolute atomic E-state index is 11.8. The Balaban J connectivity index is 2.63. The van der Waals surface area contributed by atoms with Crippen molar-refractivity contribution in [3.8, 4) is 6.07 Å². The minimum Gasteiger partial charge on any atom is -0.384 e. The molecule has 4 heteroatoms. The maximum Gasteiger partial charge on any atom is 0.251 e. The molecule has 2 N–H and O–H groups in total. The number of amides is 1. The summed E-state index contributed by atoms with van der Waals surface area (Å²) in [6.07, 6.45) is 1.42. The Bertz CT molecular complexity index is 489. The fourth-order valence-corrected chi connectivity index (χ4v) is 1.86. The Labute approximate surface area is 121 Å². The van der Waals surface area contributed by atoms with E-state index in [1.165, 1.54) is 0 Å². The first kappa shape index (κ1) is 16.0. The van der Waals surface area contributed by atoms with Gasteiger partial charge in [0.2, 0.25) is 0 Å². The second-order valence-corrected chi connectivity index (χ2v) is 5.62. The zero-order valence-corrected chi connectivity index (χ0v) is 12.5. The molecule has 4 nitrogen and oxygen atoms in total. The fraction of sp³-hybridized carbons (Fsp3) is 0.500. The summed E-state index contributed by atoms with van der Waals surface area (Å²) in [6, 6.07) is 9.65. The van der Waals surface area contributed by atoms with E-state index in [-0.39, 0.29) is 11.3 Å². The van der Waals surface area contributed by atoms with E-state index in [0.717, 1.165) is 18.7 Å². The molecule has 1 rings (SSSR count). The van der Waals surface area contributed by atoms with Crippen molar-refractivity contribution in [2.24, 2.45) is 5.41 Å². The first-order valence-corrected chi connectivity index (χ1v) is 6.97. The van der Waals surface area contributed by atoms with E-state index in [2.05, 4.69) is 30.6 Å². The Morgan fingerprint density at radius 2 is 2.15 bits per heavy atom. The van der Waals surface area contributed by atoms with Crippen LogP contribution in [0.3, 0.4) is 0 Å². The minimum atomic E-state index is -0.0557. The molecule has 108 valence electrons. The van der Waals surface area contributed by atoms with Crippen LogP contribution >= 0.6 is 0 Å². The Kier molecular flexibility index (Phi) is 6.05. The van der Waals surface area contributed by atoms with Crippen LogP contribution in [0.4, 0.5) is 5.69 Å². The van der Waals surface area contributed by atoms with E-state index >= 15 is 0 Å². The van der Waals surface area contributed by atoms with Crippen LogP contribution in [0.5, 0.6) is 0 Å². The second kappa shape index (κ2) is 7.54. The summed E-state index contributed by atoms with van der Waals surface area (Å²) >= 11 is 0. The highest BCUT2D eigenvalue weighted by Crippen LogP contribution is 2.23. The summed E-state index contributed by atoms with van der Waals surface area (Å²) in [5, 5.41) is 14.8. The minimum absolute atomic E-state index is 0.0530. The predicted octanol–water partition coefficient (Wildman–Crippen LogP) is 3.18. The van der Waals surface area contributed by atoms with Gasteiger partial charge in [0.25, 0.3) is 5.91 Å². The van der Waals surface area contributed by atoms with Gasteiger partial charge in [-0.15, -0.1) is 0 Å². The molecule has 1 aromatic carbocycles. The van der Waals surface area contributed by atoms with Gasteiger partial charge in [0, 0.05) is 30.8 Å². The summed E-state index contributed by atoms with van der Waals surface area (Å²) in [5.41, 5.74) is 1.64. The average molecular weight is 273 g/mol. The predicted molar refractivity (Wildman–Crippen MR) is 81.6 cm³/mol. The molecule has 0 fully saturated rings. The van der Waals surface area contributed by atoms with Gasteiger partial charge in [0.05, 0.1) is 6.07 Å². The Hall–Kier alpha value is -2.02. The standard InChI is InChI=1S/C16H23N3O/c1-4-18-15(20)13-7-5-8-14(11-13)19-12-16(2,3)9-6-10-17/h5,7-8,11,19H,4,6,9,12H2,1-3H3,(H,18,20). The molecule has 0 aliphatic carbocycles. The third-order valence-electron chi connectivity index (χ3n) is 3.15. The summed E-state index contributed by atoms with van der Waals surface area (Å²) in [6.45, 7) is 7.55. The number of anilines is 1. The number of carbonyl (C=O) groups excluding carboxylic acids is 1. The third kappa shape index (κ3) is 5.31. The largest absolute Gasteiger partial charge is 0.384 e. The smallest absolute Gasteiger partial charge is 0.251 e. The lowest BCUT2D eigenvalue weighted by Gasteiger charge is -2.24. The van der Waals surface area contributed by atoms with Crippen molar-refractivity contribution in [3.63, 3.8) is 0 Å². The molecule has 0 spiro atoms. The molecule has 0 aliphatic heterocycles. The topological polar surface area (TPSA) is 64.9 Å². The van der Waals surface area contributed by atoms with Crippen LogP contribution < -0.4 is 10.6 Å². The highest BCUT2D eigenvalue weighted by molar-refractivity contribution is 5.95. The number of nitrogens with zero attached hydrogens (tertiary/aromatic N) is 1. The highest BCUT2D eigenvalue weighted by atomic mass is 16.1.